The van der Waals surface area contributed by atoms with E-state index in [0.717, 1.165) is 0 Å². The van der Waals surface area contributed by atoms with E-state index >= 15 is 0 Å². The van der Waals surface area contributed by atoms with E-state index in [4.69, 9.17) is 10.6 Å². The lowest BCUT2D eigenvalue weighted by Gasteiger charge is -2.20. The van der Waals surface area contributed by atoms with Crippen molar-refractivity contribution in [3.63, 3.8) is 0 Å². The van der Waals surface area contributed by atoms with Crippen LogP contribution < -0.4 is 11.3 Å². The summed E-state index contributed by atoms with van der Waals surface area (Å²) >= 11 is 0. The highest BCUT2D eigenvalue weighted by molar-refractivity contribution is 5.55. The minimum absolute atomic E-state index is 0.0245. The Kier molecular flexibility index (Phi) is 4.03. The number of nitro benzene ring substituents is 1. The molecule has 0 spiro atoms. The Labute approximate surface area is 99.9 Å². The summed E-state index contributed by atoms with van der Waals surface area (Å²) in [6, 6.07) is 4.43. The predicted molar refractivity (Wildman–Crippen MR) is 65.4 cm³/mol. The van der Waals surface area contributed by atoms with Crippen molar-refractivity contribution in [3.05, 3.63) is 33.9 Å². The number of non-ortho nitro benzene ring substituents is 1. The SMILES string of the molecule is CC(C)(C)OCc1cc([N+](=O)[O-])ccc1NN. The molecule has 3 N–H and O–H groups in total. The number of ether oxygens (including phenoxy) is 1. The van der Waals surface area contributed by atoms with Gasteiger partial charge in [-0.15, -0.1) is 0 Å². The summed E-state index contributed by atoms with van der Waals surface area (Å²) in [6.45, 7) is 6.02. The lowest BCUT2D eigenvalue weighted by Crippen LogP contribution is -2.19. The minimum atomic E-state index is -0.444. The third-order valence-corrected chi connectivity index (χ3v) is 2.12. The number of rotatable bonds is 4. The van der Waals surface area contributed by atoms with Gasteiger partial charge in [-0.3, -0.25) is 16.0 Å². The van der Waals surface area contributed by atoms with Gasteiger partial charge >= 0.3 is 0 Å². The molecule has 0 saturated heterocycles. The quantitative estimate of drug-likeness (QED) is 0.477. The maximum Gasteiger partial charge on any atom is 0.269 e. The van der Waals surface area contributed by atoms with E-state index in [1.165, 1.54) is 12.1 Å². The van der Waals surface area contributed by atoms with Gasteiger partial charge < -0.3 is 10.2 Å². The summed E-state index contributed by atoms with van der Waals surface area (Å²) in [6.07, 6.45) is 0. The van der Waals surface area contributed by atoms with Gasteiger partial charge in [-0.2, -0.15) is 0 Å². The van der Waals surface area contributed by atoms with Crippen molar-refractivity contribution < 1.29 is 9.66 Å². The molecule has 17 heavy (non-hydrogen) atoms. The van der Waals surface area contributed by atoms with Gasteiger partial charge in [-0.1, -0.05) is 0 Å². The molecule has 0 aromatic heterocycles. The highest BCUT2D eigenvalue weighted by Crippen LogP contribution is 2.23. The Balaban J connectivity index is 2.94. The van der Waals surface area contributed by atoms with Gasteiger partial charge in [0.1, 0.15) is 0 Å². The normalized spacial score (nSPS) is 11.3. The average molecular weight is 239 g/mol. The number of benzene rings is 1. The monoisotopic (exact) mass is 239 g/mol. The van der Waals surface area contributed by atoms with Gasteiger partial charge in [0.15, 0.2) is 0 Å². The Morgan fingerprint density at radius 2 is 2.12 bits per heavy atom. The summed E-state index contributed by atoms with van der Waals surface area (Å²) < 4.78 is 5.57. The number of anilines is 1. The molecule has 0 aliphatic heterocycles. The van der Waals surface area contributed by atoms with Crippen LogP contribution in [0.25, 0.3) is 0 Å². The molecule has 1 aromatic rings. The van der Waals surface area contributed by atoms with Crippen LogP contribution in [0, 0.1) is 10.1 Å². The molecule has 6 nitrogen and oxygen atoms in total. The van der Waals surface area contributed by atoms with Crippen LogP contribution in [0.4, 0.5) is 11.4 Å². The van der Waals surface area contributed by atoms with Crippen LogP contribution in [0.2, 0.25) is 0 Å². The molecule has 1 rings (SSSR count). The van der Waals surface area contributed by atoms with Crippen molar-refractivity contribution in [2.24, 2.45) is 5.84 Å². The first kappa shape index (κ1) is 13.4. The van der Waals surface area contributed by atoms with E-state index in [-0.39, 0.29) is 17.9 Å². The Morgan fingerprint density at radius 1 is 1.47 bits per heavy atom. The fourth-order valence-corrected chi connectivity index (χ4v) is 1.25. The molecule has 1 aromatic carbocycles. The van der Waals surface area contributed by atoms with E-state index in [0.29, 0.717) is 11.3 Å². The predicted octanol–water partition coefficient (Wildman–Crippen LogP) is 2.20. The first-order valence-electron chi connectivity index (χ1n) is 5.21. The van der Waals surface area contributed by atoms with Crippen LogP contribution in [0.5, 0.6) is 0 Å². The maximum atomic E-state index is 10.7. The number of hydrazine groups is 1. The maximum absolute atomic E-state index is 10.7. The van der Waals surface area contributed by atoms with E-state index in [2.05, 4.69) is 5.43 Å². The molecule has 0 amide bonds. The molecule has 0 fully saturated rings. The van der Waals surface area contributed by atoms with Crippen molar-refractivity contribution in [3.8, 4) is 0 Å². The molecule has 0 heterocycles. The van der Waals surface area contributed by atoms with E-state index in [1.54, 1.807) is 6.07 Å². The molecule has 0 bridgehead atoms. The van der Waals surface area contributed by atoms with Crippen molar-refractivity contribution >= 4 is 11.4 Å². The van der Waals surface area contributed by atoms with Crippen LogP contribution in [0.15, 0.2) is 18.2 Å². The van der Waals surface area contributed by atoms with Crippen molar-refractivity contribution in [1.82, 2.24) is 0 Å². The average Bonchev–Trinajstić information content (AvgIpc) is 2.24. The third-order valence-electron chi connectivity index (χ3n) is 2.12. The van der Waals surface area contributed by atoms with Crippen molar-refractivity contribution in [2.75, 3.05) is 5.43 Å². The number of nitrogen functional groups attached to an aromatic ring is 1. The molecular weight excluding hydrogens is 222 g/mol. The molecule has 6 heteroatoms. The highest BCUT2D eigenvalue weighted by atomic mass is 16.6. The van der Waals surface area contributed by atoms with Gasteiger partial charge in [0.25, 0.3) is 5.69 Å². The number of hydrogen-bond donors (Lipinski definition) is 2. The van der Waals surface area contributed by atoms with E-state index in [9.17, 15) is 10.1 Å². The minimum Gasteiger partial charge on any atom is -0.371 e. The number of nitrogens with one attached hydrogen (secondary N) is 1. The first-order chi connectivity index (χ1) is 7.83. The zero-order chi connectivity index (χ0) is 13.1. The number of hydrogen-bond acceptors (Lipinski definition) is 5. The third kappa shape index (κ3) is 4.01. The molecular formula is C11H17N3O3. The molecule has 0 aliphatic rings. The lowest BCUT2D eigenvalue weighted by atomic mass is 10.1. The second kappa shape index (κ2) is 5.11. The van der Waals surface area contributed by atoms with E-state index < -0.39 is 4.92 Å². The Hall–Kier alpha value is -1.66. The van der Waals surface area contributed by atoms with Gasteiger partial charge in [0.05, 0.1) is 22.8 Å². The number of nitro groups is 1. The first-order valence-corrected chi connectivity index (χ1v) is 5.21. The zero-order valence-electron chi connectivity index (χ0n) is 10.2. The topological polar surface area (TPSA) is 90.4 Å². The number of nitrogens with two attached hydrogens (primary N) is 1. The standard InChI is InChI=1S/C11H17N3O3/c1-11(2,3)17-7-8-6-9(14(15)16)4-5-10(8)13-12/h4-6,13H,7,12H2,1-3H3. The van der Waals surface area contributed by atoms with Crippen LogP contribution in [-0.4, -0.2) is 10.5 Å². The largest absolute Gasteiger partial charge is 0.371 e. The fraction of sp³-hybridized carbons (Fsp3) is 0.455. The van der Waals surface area contributed by atoms with Crippen LogP contribution in [0.3, 0.4) is 0 Å². The van der Waals surface area contributed by atoms with Crippen LogP contribution in [0.1, 0.15) is 26.3 Å². The smallest absolute Gasteiger partial charge is 0.269 e. The summed E-state index contributed by atoms with van der Waals surface area (Å²) in [5.74, 6) is 5.34. The van der Waals surface area contributed by atoms with Crippen molar-refractivity contribution in [1.29, 1.82) is 0 Å². The number of nitrogens with zero attached hydrogens (tertiary/aromatic N) is 1. The molecule has 0 aliphatic carbocycles. The Morgan fingerprint density at radius 3 is 2.59 bits per heavy atom. The summed E-state index contributed by atoms with van der Waals surface area (Å²) in [7, 11) is 0. The Bertz CT molecular complexity index is 413. The lowest BCUT2D eigenvalue weighted by molar-refractivity contribution is -0.384. The van der Waals surface area contributed by atoms with Gasteiger partial charge in [0, 0.05) is 17.7 Å². The van der Waals surface area contributed by atoms with Gasteiger partial charge in [-0.05, 0) is 26.8 Å². The summed E-state index contributed by atoms with van der Waals surface area (Å²) in [4.78, 5) is 10.2. The molecule has 0 radical (unpaired) electrons. The molecule has 0 saturated carbocycles. The second-order valence-electron chi connectivity index (χ2n) is 4.64. The molecule has 0 unspecified atom stereocenters. The van der Waals surface area contributed by atoms with Gasteiger partial charge in [-0.25, -0.2) is 0 Å². The second-order valence-corrected chi connectivity index (χ2v) is 4.64. The molecule has 0 atom stereocenters. The van der Waals surface area contributed by atoms with E-state index in [1.807, 2.05) is 20.8 Å². The summed E-state index contributed by atoms with van der Waals surface area (Å²) in [5.41, 5.74) is 3.50. The molecule has 94 valence electrons. The van der Waals surface area contributed by atoms with Crippen LogP contribution in [-0.2, 0) is 11.3 Å². The zero-order valence-corrected chi connectivity index (χ0v) is 10.2. The van der Waals surface area contributed by atoms with Gasteiger partial charge in [0.2, 0.25) is 0 Å². The summed E-state index contributed by atoms with van der Waals surface area (Å²) in [5, 5.41) is 10.7. The fourth-order valence-electron chi connectivity index (χ4n) is 1.25. The highest BCUT2D eigenvalue weighted by Gasteiger charge is 2.14. The van der Waals surface area contributed by atoms with Crippen molar-refractivity contribution in [2.45, 2.75) is 33.0 Å². The van der Waals surface area contributed by atoms with Crippen LogP contribution >= 0.6 is 0 Å².